The average Bonchev–Trinajstić information content (AvgIpc) is 2.13. The van der Waals surface area contributed by atoms with E-state index in [4.69, 9.17) is 10.7 Å². The van der Waals surface area contributed by atoms with Crippen molar-refractivity contribution >= 4 is 25.4 Å². The number of alkyl halides is 3. The molecule has 17 heavy (non-hydrogen) atoms. The summed E-state index contributed by atoms with van der Waals surface area (Å²) in [7, 11) is 0.200. The first-order valence-electron chi connectivity index (χ1n) is 3.84. The Labute approximate surface area is 97.4 Å². The predicted molar refractivity (Wildman–Crippen MR) is 51.1 cm³/mol. The molecule has 1 aromatic carbocycles. The van der Waals surface area contributed by atoms with E-state index in [0.29, 0.717) is 12.1 Å². The van der Waals surface area contributed by atoms with Crippen molar-refractivity contribution in [2.24, 2.45) is 0 Å². The van der Waals surface area contributed by atoms with E-state index < -0.39 is 36.3 Å². The van der Waals surface area contributed by atoms with Crippen LogP contribution < -0.4 is 0 Å². The molecule has 1 aromatic rings. The van der Waals surface area contributed by atoms with Crippen LogP contribution in [-0.2, 0) is 15.2 Å². The van der Waals surface area contributed by atoms with Crippen molar-refractivity contribution in [1.82, 2.24) is 0 Å². The lowest BCUT2D eigenvalue weighted by Gasteiger charge is -2.08. The topological polar surface area (TPSA) is 77.3 Å². The van der Waals surface area contributed by atoms with E-state index in [1.54, 1.807) is 0 Å². The summed E-state index contributed by atoms with van der Waals surface area (Å²) in [5, 5.41) is 10.5. The summed E-state index contributed by atoms with van der Waals surface area (Å²) >= 11 is 0. The smallest absolute Gasteiger partial charge is 0.258 e. The summed E-state index contributed by atoms with van der Waals surface area (Å²) in [6.45, 7) is 0. The van der Waals surface area contributed by atoms with E-state index in [1.807, 2.05) is 0 Å². The lowest BCUT2D eigenvalue weighted by Crippen LogP contribution is -2.11. The van der Waals surface area contributed by atoms with Gasteiger partial charge in [-0.15, -0.1) is 0 Å². The molecule has 0 aliphatic rings. The molecule has 0 N–H and O–H groups in total. The van der Waals surface area contributed by atoms with E-state index in [2.05, 4.69) is 0 Å². The Kier molecular flexibility index (Phi) is 3.35. The number of nitro benzene ring substituents is 1. The molecule has 0 unspecified atom stereocenters. The number of nitro groups is 1. The Bertz CT molecular complexity index is 569. The molecule has 1 rings (SSSR count). The first kappa shape index (κ1) is 13.7. The maximum atomic E-state index is 12.4. The molecule has 0 radical (unpaired) electrons. The summed E-state index contributed by atoms with van der Waals surface area (Å²) < 4.78 is 59.2. The van der Waals surface area contributed by atoms with Gasteiger partial charge >= 0.3 is 11.9 Å². The Morgan fingerprint density at radius 3 is 2.18 bits per heavy atom. The third-order valence-corrected chi connectivity index (χ3v) is 3.10. The number of benzene rings is 1. The van der Waals surface area contributed by atoms with E-state index in [-0.39, 0.29) is 0 Å². The van der Waals surface area contributed by atoms with Crippen LogP contribution in [-0.4, -0.2) is 13.3 Å². The number of rotatable bonds is 2. The summed E-state index contributed by atoms with van der Waals surface area (Å²) in [4.78, 5) is 7.90. The molecule has 5 nitrogen and oxygen atoms in total. The van der Waals surface area contributed by atoms with Crippen LogP contribution in [0, 0.1) is 10.1 Å². The van der Waals surface area contributed by atoms with Crippen LogP contribution in [0.25, 0.3) is 0 Å². The van der Waals surface area contributed by atoms with Crippen molar-refractivity contribution < 1.29 is 26.5 Å². The summed E-state index contributed by atoms with van der Waals surface area (Å²) in [5.41, 5.74) is -3.24. The van der Waals surface area contributed by atoms with Crippen LogP contribution >= 0.6 is 10.7 Å². The molecular weight excluding hydrogens is 287 g/mol. The predicted octanol–water partition coefficient (Wildman–Crippen LogP) is 2.54. The molecule has 0 aromatic heterocycles. The highest BCUT2D eigenvalue weighted by atomic mass is 35.7. The number of halogens is 4. The van der Waals surface area contributed by atoms with Crippen LogP contribution in [0.1, 0.15) is 5.56 Å². The number of para-hydroxylation sites is 1. The molecule has 0 fully saturated rings. The van der Waals surface area contributed by atoms with E-state index >= 15 is 0 Å². The highest BCUT2D eigenvalue weighted by Gasteiger charge is 2.41. The second kappa shape index (κ2) is 4.15. The molecular formula is C7H3ClF3NO4S. The molecule has 0 spiro atoms. The number of nitrogens with zero attached hydrogens (tertiary/aromatic N) is 1. The van der Waals surface area contributed by atoms with Gasteiger partial charge in [0.05, 0.1) is 4.92 Å². The molecule has 0 amide bonds. The van der Waals surface area contributed by atoms with Gasteiger partial charge in [-0.05, 0) is 12.1 Å². The normalized spacial score (nSPS) is 12.5. The van der Waals surface area contributed by atoms with E-state index in [1.165, 1.54) is 0 Å². The van der Waals surface area contributed by atoms with Gasteiger partial charge in [0.15, 0.2) is 4.90 Å². The largest absolute Gasteiger partial charge is 0.423 e. The Balaban J connectivity index is 3.73. The van der Waals surface area contributed by atoms with Crippen molar-refractivity contribution in [1.29, 1.82) is 0 Å². The van der Waals surface area contributed by atoms with Gasteiger partial charge in [0.1, 0.15) is 5.56 Å². The van der Waals surface area contributed by atoms with Crippen LogP contribution in [0.3, 0.4) is 0 Å². The quantitative estimate of drug-likeness (QED) is 0.476. The number of hydrogen-bond acceptors (Lipinski definition) is 4. The molecule has 0 aliphatic carbocycles. The second-order valence-electron chi connectivity index (χ2n) is 2.85. The molecule has 0 aliphatic heterocycles. The second-order valence-corrected chi connectivity index (χ2v) is 5.38. The van der Waals surface area contributed by atoms with Gasteiger partial charge in [-0.1, -0.05) is 6.07 Å². The summed E-state index contributed by atoms with van der Waals surface area (Å²) in [5.74, 6) is 0. The maximum Gasteiger partial charge on any atom is 0.423 e. The maximum absolute atomic E-state index is 12.4. The monoisotopic (exact) mass is 289 g/mol. The highest BCUT2D eigenvalue weighted by Crippen LogP contribution is 2.40. The van der Waals surface area contributed by atoms with Crippen molar-refractivity contribution in [3.8, 4) is 0 Å². The van der Waals surface area contributed by atoms with E-state index in [0.717, 1.165) is 6.07 Å². The Morgan fingerprint density at radius 1 is 1.29 bits per heavy atom. The zero-order valence-corrected chi connectivity index (χ0v) is 9.30. The minimum absolute atomic E-state index is 0.406. The van der Waals surface area contributed by atoms with Gasteiger partial charge in [-0.3, -0.25) is 10.1 Å². The Hall–Kier alpha value is -1.35. The lowest BCUT2D eigenvalue weighted by molar-refractivity contribution is -0.391. The zero-order valence-electron chi connectivity index (χ0n) is 7.73. The fourth-order valence-corrected chi connectivity index (χ4v) is 2.17. The van der Waals surface area contributed by atoms with Crippen LogP contribution in [0.2, 0.25) is 0 Å². The molecule has 10 heteroatoms. The average molecular weight is 290 g/mol. The van der Waals surface area contributed by atoms with Crippen molar-refractivity contribution in [3.63, 3.8) is 0 Å². The van der Waals surface area contributed by atoms with Crippen LogP contribution in [0.4, 0.5) is 18.9 Å². The van der Waals surface area contributed by atoms with Crippen LogP contribution in [0.5, 0.6) is 0 Å². The van der Waals surface area contributed by atoms with Crippen LogP contribution in [0.15, 0.2) is 23.1 Å². The van der Waals surface area contributed by atoms with Crippen molar-refractivity contribution in [2.45, 2.75) is 11.1 Å². The fraction of sp³-hybridized carbons (Fsp3) is 0.143. The van der Waals surface area contributed by atoms with Crippen molar-refractivity contribution in [2.75, 3.05) is 0 Å². The van der Waals surface area contributed by atoms with Gasteiger partial charge in [0, 0.05) is 10.7 Å². The molecule has 0 heterocycles. The Morgan fingerprint density at radius 2 is 1.82 bits per heavy atom. The molecule has 0 atom stereocenters. The fourth-order valence-electron chi connectivity index (χ4n) is 1.14. The molecule has 0 saturated carbocycles. The van der Waals surface area contributed by atoms with Gasteiger partial charge in [0.2, 0.25) is 0 Å². The lowest BCUT2D eigenvalue weighted by atomic mass is 10.2. The van der Waals surface area contributed by atoms with Crippen molar-refractivity contribution in [3.05, 3.63) is 33.9 Å². The van der Waals surface area contributed by atoms with Gasteiger partial charge < -0.3 is 0 Å². The third-order valence-electron chi connectivity index (χ3n) is 1.75. The SMILES string of the molecule is O=[N+]([O-])c1c(C(F)(F)F)cccc1S(=O)(=O)Cl. The molecule has 94 valence electrons. The van der Waals surface area contributed by atoms with Gasteiger partial charge in [0.25, 0.3) is 9.05 Å². The summed E-state index contributed by atoms with van der Waals surface area (Å²) in [6, 6.07) is 1.77. The van der Waals surface area contributed by atoms with E-state index in [9.17, 15) is 31.7 Å². The van der Waals surface area contributed by atoms with Gasteiger partial charge in [-0.25, -0.2) is 8.42 Å². The standard InChI is InChI=1S/C7H3ClF3NO4S/c8-17(15,16)5-3-1-2-4(7(9,10)11)6(5)12(13)14/h1-3H. The first-order chi connectivity index (χ1) is 7.55. The zero-order chi connectivity index (χ0) is 13.4. The molecule has 0 saturated heterocycles. The first-order valence-corrected chi connectivity index (χ1v) is 6.15. The minimum atomic E-state index is -5.04. The highest BCUT2D eigenvalue weighted by molar-refractivity contribution is 8.13. The number of hydrogen-bond donors (Lipinski definition) is 0. The summed E-state index contributed by atoms with van der Waals surface area (Å²) in [6.07, 6.45) is -5.04. The third kappa shape index (κ3) is 2.86. The minimum Gasteiger partial charge on any atom is -0.258 e. The molecule has 0 bridgehead atoms. The van der Waals surface area contributed by atoms with Gasteiger partial charge in [-0.2, -0.15) is 13.2 Å².